The van der Waals surface area contributed by atoms with Crippen LogP contribution >= 0.6 is 15.9 Å². The zero-order valence-electron chi connectivity index (χ0n) is 7.59. The molecule has 0 aliphatic heterocycles. The van der Waals surface area contributed by atoms with Gasteiger partial charge in [0.2, 0.25) is 0 Å². The van der Waals surface area contributed by atoms with E-state index in [-0.39, 0.29) is 5.56 Å². The third-order valence-corrected chi connectivity index (χ3v) is 2.20. The molecule has 1 aromatic rings. The van der Waals surface area contributed by atoms with Gasteiger partial charge in [-0.3, -0.25) is 4.79 Å². The second-order valence-corrected chi connectivity index (χ2v) is 4.00. The largest absolute Gasteiger partial charge is 0.314 e. The summed E-state index contributed by atoms with van der Waals surface area (Å²) in [6, 6.07) is 3.31. The van der Waals surface area contributed by atoms with Gasteiger partial charge in [-0.25, -0.2) is 0 Å². The molecule has 0 spiro atoms. The van der Waals surface area contributed by atoms with E-state index in [1.165, 1.54) is 0 Å². The highest BCUT2D eigenvalue weighted by Gasteiger charge is 1.96. The maximum atomic E-state index is 11.3. The van der Waals surface area contributed by atoms with Crippen molar-refractivity contribution in [3.05, 3.63) is 45.3 Å². The Morgan fingerprint density at radius 3 is 2.92 bits per heavy atom. The molecule has 0 amide bonds. The van der Waals surface area contributed by atoms with Crippen LogP contribution < -0.4 is 5.56 Å². The maximum absolute atomic E-state index is 11.3. The number of rotatable bonds is 3. The lowest BCUT2D eigenvalue weighted by Crippen LogP contribution is -2.18. The average molecular weight is 242 g/mol. The normalized spacial score (nSPS) is 10.0. The molecule has 3 heteroatoms. The smallest absolute Gasteiger partial charge is 0.250 e. The van der Waals surface area contributed by atoms with E-state index >= 15 is 0 Å². The van der Waals surface area contributed by atoms with Gasteiger partial charge < -0.3 is 4.57 Å². The highest BCUT2D eigenvalue weighted by molar-refractivity contribution is 9.10. The first-order valence-electron chi connectivity index (χ1n) is 4.10. The Morgan fingerprint density at radius 2 is 2.31 bits per heavy atom. The van der Waals surface area contributed by atoms with Crippen molar-refractivity contribution in [3.8, 4) is 0 Å². The molecule has 0 saturated heterocycles. The zero-order chi connectivity index (χ0) is 9.84. The highest BCUT2D eigenvalue weighted by atomic mass is 79.9. The van der Waals surface area contributed by atoms with Crippen molar-refractivity contribution in [1.29, 1.82) is 0 Å². The SMILES string of the molecule is C=C(C)CCn1cc(Br)ccc1=O. The van der Waals surface area contributed by atoms with Crippen molar-refractivity contribution in [1.82, 2.24) is 4.57 Å². The summed E-state index contributed by atoms with van der Waals surface area (Å²) in [7, 11) is 0. The van der Waals surface area contributed by atoms with Crippen molar-refractivity contribution < 1.29 is 0 Å². The van der Waals surface area contributed by atoms with Crippen molar-refractivity contribution >= 4 is 15.9 Å². The first-order chi connectivity index (χ1) is 6.09. The molecule has 0 atom stereocenters. The fourth-order valence-corrected chi connectivity index (χ4v) is 1.37. The summed E-state index contributed by atoms with van der Waals surface area (Å²) < 4.78 is 2.60. The minimum atomic E-state index is 0.0319. The van der Waals surface area contributed by atoms with Gasteiger partial charge in [0, 0.05) is 23.3 Å². The zero-order valence-corrected chi connectivity index (χ0v) is 9.17. The molecule has 2 nitrogen and oxygen atoms in total. The number of aryl methyl sites for hydroxylation is 1. The number of aromatic nitrogens is 1. The molecule has 0 bridgehead atoms. The number of allylic oxidation sites excluding steroid dienone is 1. The van der Waals surface area contributed by atoms with Crippen LogP contribution in [-0.4, -0.2) is 4.57 Å². The van der Waals surface area contributed by atoms with Gasteiger partial charge >= 0.3 is 0 Å². The number of nitrogens with zero attached hydrogens (tertiary/aromatic N) is 1. The fourth-order valence-electron chi connectivity index (χ4n) is 0.988. The molecule has 0 aliphatic carbocycles. The molecular weight excluding hydrogens is 230 g/mol. The molecular formula is C10H12BrNO. The van der Waals surface area contributed by atoms with Crippen LogP contribution in [0.5, 0.6) is 0 Å². The molecule has 0 unspecified atom stereocenters. The molecule has 1 heterocycles. The van der Waals surface area contributed by atoms with E-state index in [1.807, 2.05) is 6.92 Å². The Labute approximate surface area is 86.0 Å². The minimum Gasteiger partial charge on any atom is -0.314 e. The first kappa shape index (κ1) is 10.3. The van der Waals surface area contributed by atoms with Crippen LogP contribution in [0.3, 0.4) is 0 Å². The van der Waals surface area contributed by atoms with E-state index in [4.69, 9.17) is 0 Å². The molecule has 0 saturated carbocycles. The Hall–Kier alpha value is -0.830. The van der Waals surface area contributed by atoms with Crippen LogP contribution in [0.25, 0.3) is 0 Å². The molecule has 13 heavy (non-hydrogen) atoms. The van der Waals surface area contributed by atoms with Crippen LogP contribution in [0.2, 0.25) is 0 Å². The number of pyridine rings is 1. The number of hydrogen-bond acceptors (Lipinski definition) is 1. The predicted molar refractivity (Wildman–Crippen MR) is 57.8 cm³/mol. The van der Waals surface area contributed by atoms with Crippen LogP contribution in [0, 0.1) is 0 Å². The van der Waals surface area contributed by atoms with E-state index in [0.717, 1.165) is 16.5 Å². The summed E-state index contributed by atoms with van der Waals surface area (Å²) in [5.41, 5.74) is 1.12. The van der Waals surface area contributed by atoms with Crippen LogP contribution in [0.1, 0.15) is 13.3 Å². The topological polar surface area (TPSA) is 22.0 Å². The fraction of sp³-hybridized carbons (Fsp3) is 0.300. The second kappa shape index (κ2) is 4.42. The Bertz CT molecular complexity index is 367. The summed E-state index contributed by atoms with van der Waals surface area (Å²) >= 11 is 3.32. The standard InChI is InChI=1S/C10H12BrNO/c1-8(2)5-6-12-7-9(11)3-4-10(12)13/h3-4,7H,1,5-6H2,2H3. The summed E-state index contributed by atoms with van der Waals surface area (Å²) in [5, 5.41) is 0. The highest BCUT2D eigenvalue weighted by Crippen LogP contribution is 2.06. The lowest BCUT2D eigenvalue weighted by atomic mass is 10.2. The second-order valence-electron chi connectivity index (χ2n) is 3.09. The molecule has 0 fully saturated rings. The number of hydrogen-bond donors (Lipinski definition) is 0. The third kappa shape index (κ3) is 3.19. The van der Waals surface area contributed by atoms with E-state index in [1.54, 1.807) is 22.9 Å². The van der Waals surface area contributed by atoms with Crippen molar-refractivity contribution in [2.75, 3.05) is 0 Å². The Morgan fingerprint density at radius 1 is 1.62 bits per heavy atom. The lowest BCUT2D eigenvalue weighted by Gasteiger charge is -2.04. The molecule has 70 valence electrons. The summed E-state index contributed by atoms with van der Waals surface area (Å²) in [6.07, 6.45) is 2.64. The predicted octanol–water partition coefficient (Wildman–Crippen LogP) is 2.58. The Kier molecular flexibility index (Phi) is 3.48. The van der Waals surface area contributed by atoms with Crippen molar-refractivity contribution in [3.63, 3.8) is 0 Å². The first-order valence-corrected chi connectivity index (χ1v) is 4.89. The van der Waals surface area contributed by atoms with Gasteiger partial charge in [0.25, 0.3) is 5.56 Å². The van der Waals surface area contributed by atoms with Crippen molar-refractivity contribution in [2.24, 2.45) is 0 Å². The molecule has 1 aromatic heterocycles. The molecule has 0 aromatic carbocycles. The van der Waals surface area contributed by atoms with E-state index in [9.17, 15) is 4.79 Å². The van der Waals surface area contributed by atoms with Crippen LogP contribution in [0.4, 0.5) is 0 Å². The van der Waals surface area contributed by atoms with E-state index < -0.39 is 0 Å². The van der Waals surface area contributed by atoms with Crippen molar-refractivity contribution in [2.45, 2.75) is 19.9 Å². The van der Waals surface area contributed by atoms with Gasteiger partial charge in [0.05, 0.1) is 0 Å². The van der Waals surface area contributed by atoms with E-state index in [2.05, 4.69) is 22.5 Å². The molecule has 1 rings (SSSR count). The lowest BCUT2D eigenvalue weighted by molar-refractivity contribution is 0.665. The van der Waals surface area contributed by atoms with Gasteiger partial charge in [0.1, 0.15) is 0 Å². The average Bonchev–Trinajstić information content (AvgIpc) is 2.06. The quantitative estimate of drug-likeness (QED) is 0.746. The third-order valence-electron chi connectivity index (χ3n) is 1.73. The maximum Gasteiger partial charge on any atom is 0.250 e. The van der Waals surface area contributed by atoms with Gasteiger partial charge in [-0.1, -0.05) is 5.57 Å². The molecule has 0 radical (unpaired) electrons. The minimum absolute atomic E-state index is 0.0319. The van der Waals surface area contributed by atoms with Crippen LogP contribution in [0.15, 0.2) is 39.7 Å². The monoisotopic (exact) mass is 241 g/mol. The summed E-state index contributed by atoms with van der Waals surface area (Å²) in [4.78, 5) is 11.3. The van der Waals surface area contributed by atoms with Crippen LogP contribution in [-0.2, 0) is 6.54 Å². The van der Waals surface area contributed by atoms with Gasteiger partial charge in [-0.15, -0.1) is 6.58 Å². The summed E-state index contributed by atoms with van der Waals surface area (Å²) in [5.74, 6) is 0. The van der Waals surface area contributed by atoms with Gasteiger partial charge in [-0.2, -0.15) is 0 Å². The molecule has 0 N–H and O–H groups in total. The van der Waals surface area contributed by atoms with Gasteiger partial charge in [-0.05, 0) is 35.3 Å². The van der Waals surface area contributed by atoms with Gasteiger partial charge in [0.15, 0.2) is 0 Å². The Balaban J connectivity index is 2.82. The summed E-state index contributed by atoms with van der Waals surface area (Å²) in [6.45, 7) is 6.46. The number of halogens is 1. The molecule has 0 aliphatic rings. The van der Waals surface area contributed by atoms with E-state index in [0.29, 0.717) is 6.54 Å².